The summed E-state index contributed by atoms with van der Waals surface area (Å²) in [5, 5.41) is 3.07. The van der Waals surface area contributed by atoms with Crippen LogP contribution in [0.15, 0.2) is 23.0 Å². The summed E-state index contributed by atoms with van der Waals surface area (Å²) in [5.74, 6) is -0.399. The van der Waals surface area contributed by atoms with E-state index in [1.54, 1.807) is 0 Å². The average molecular weight is 375 g/mol. The van der Waals surface area contributed by atoms with Crippen molar-refractivity contribution in [3.05, 3.63) is 61.5 Å². The number of aromatic nitrogens is 1. The molecule has 0 aliphatic heterocycles. The van der Waals surface area contributed by atoms with E-state index in [2.05, 4.69) is 12.2 Å². The zero-order chi connectivity index (χ0) is 19.4. The number of nitrogens with zero attached hydrogens (tertiary/aromatic N) is 1. The summed E-state index contributed by atoms with van der Waals surface area (Å²) in [5.41, 5.74) is 3.88. The first kappa shape index (κ1) is 20.2. The quantitative estimate of drug-likeness (QED) is 0.769. The van der Waals surface area contributed by atoms with Crippen molar-refractivity contribution >= 4 is 23.2 Å². The number of aryl methyl sites for hydroxylation is 2. The van der Waals surface area contributed by atoms with Crippen molar-refractivity contribution in [3.63, 3.8) is 0 Å². The Labute approximate surface area is 160 Å². The molecule has 0 unspecified atom stereocenters. The number of amides is 1. The molecule has 1 N–H and O–H groups in total. The van der Waals surface area contributed by atoms with E-state index in [1.165, 1.54) is 0 Å². The van der Waals surface area contributed by atoms with Crippen molar-refractivity contribution in [2.75, 3.05) is 5.32 Å². The van der Waals surface area contributed by atoms with Gasteiger partial charge in [-0.05, 0) is 44.7 Å². The molecule has 140 valence electrons. The first-order valence-corrected chi connectivity index (χ1v) is 9.50. The van der Waals surface area contributed by atoms with Gasteiger partial charge in [0.2, 0.25) is 5.43 Å². The Bertz CT molecular complexity index is 885. The van der Waals surface area contributed by atoms with Gasteiger partial charge in [-0.3, -0.25) is 9.59 Å². The Morgan fingerprint density at radius 1 is 1.15 bits per heavy atom. The molecule has 0 aliphatic rings. The first-order chi connectivity index (χ1) is 12.3. The van der Waals surface area contributed by atoms with Gasteiger partial charge in [0.15, 0.2) is 0 Å². The second-order valence-corrected chi connectivity index (χ2v) is 6.99. The molecule has 0 bridgehead atoms. The second-order valence-electron chi connectivity index (χ2n) is 6.61. The summed E-state index contributed by atoms with van der Waals surface area (Å²) in [6, 6.07) is 5.90. The van der Waals surface area contributed by atoms with Crippen molar-refractivity contribution in [2.24, 2.45) is 0 Å². The molecule has 0 fully saturated rings. The molecule has 0 radical (unpaired) electrons. The SMILES string of the molecule is CCCCn1c(C)c(Cl)c(=O)c(C(=O)Nc2c(C)cccc2CC)c1C. The van der Waals surface area contributed by atoms with Gasteiger partial charge in [-0.25, -0.2) is 0 Å². The molecule has 0 atom stereocenters. The molecule has 1 heterocycles. The van der Waals surface area contributed by atoms with Crippen LogP contribution in [0, 0.1) is 20.8 Å². The van der Waals surface area contributed by atoms with E-state index in [0.29, 0.717) is 11.4 Å². The molecule has 0 aliphatic carbocycles. The maximum absolute atomic E-state index is 13.0. The van der Waals surface area contributed by atoms with Crippen LogP contribution < -0.4 is 10.7 Å². The van der Waals surface area contributed by atoms with E-state index in [9.17, 15) is 9.59 Å². The standard InChI is InChI=1S/C21H27ClN2O2/c1-6-8-12-24-14(4)17(20(25)18(22)15(24)5)21(26)23-19-13(3)10-9-11-16(19)7-2/h9-11H,6-8,12H2,1-5H3,(H,23,26). The van der Waals surface area contributed by atoms with Crippen LogP contribution in [0.2, 0.25) is 5.02 Å². The molecule has 0 saturated heterocycles. The van der Waals surface area contributed by atoms with Crippen molar-refractivity contribution in [1.29, 1.82) is 0 Å². The maximum Gasteiger partial charge on any atom is 0.261 e. The topological polar surface area (TPSA) is 51.1 Å². The third kappa shape index (κ3) is 3.85. The number of pyridine rings is 1. The van der Waals surface area contributed by atoms with Crippen LogP contribution in [0.4, 0.5) is 5.69 Å². The number of benzene rings is 1. The van der Waals surface area contributed by atoms with Crippen LogP contribution in [0.1, 0.15) is 59.6 Å². The number of hydrogen-bond donors (Lipinski definition) is 1. The number of hydrogen-bond acceptors (Lipinski definition) is 2. The van der Waals surface area contributed by atoms with Gasteiger partial charge in [0.05, 0.1) is 0 Å². The Kier molecular flexibility index (Phi) is 6.65. The van der Waals surface area contributed by atoms with Gasteiger partial charge >= 0.3 is 0 Å². The van der Waals surface area contributed by atoms with Gasteiger partial charge in [-0.2, -0.15) is 0 Å². The summed E-state index contributed by atoms with van der Waals surface area (Å²) in [6.45, 7) is 10.5. The number of unbranched alkanes of at least 4 members (excludes halogenated alkanes) is 1. The molecule has 1 aromatic carbocycles. The van der Waals surface area contributed by atoms with Gasteiger partial charge in [0.1, 0.15) is 10.6 Å². The summed E-state index contributed by atoms with van der Waals surface area (Å²) in [7, 11) is 0. The molecule has 5 heteroatoms. The van der Waals surface area contributed by atoms with Crippen LogP contribution in [0.3, 0.4) is 0 Å². The molecule has 0 spiro atoms. The van der Waals surface area contributed by atoms with Crippen LogP contribution in [0.5, 0.6) is 0 Å². The Hall–Kier alpha value is -2.07. The van der Waals surface area contributed by atoms with E-state index < -0.39 is 11.3 Å². The fourth-order valence-corrected chi connectivity index (χ4v) is 3.44. The van der Waals surface area contributed by atoms with Crippen LogP contribution in [-0.4, -0.2) is 10.5 Å². The highest BCUT2D eigenvalue weighted by atomic mass is 35.5. The number of rotatable bonds is 6. The number of carbonyl (C=O) groups excluding carboxylic acids is 1. The third-order valence-corrected chi connectivity index (χ3v) is 5.30. The minimum Gasteiger partial charge on any atom is -0.347 e. The fraction of sp³-hybridized carbons (Fsp3) is 0.429. The Morgan fingerprint density at radius 2 is 1.85 bits per heavy atom. The zero-order valence-electron chi connectivity index (χ0n) is 16.2. The predicted molar refractivity (Wildman–Crippen MR) is 109 cm³/mol. The third-order valence-electron chi connectivity index (χ3n) is 4.86. The number of carbonyl (C=O) groups is 1. The normalized spacial score (nSPS) is 10.8. The molecule has 26 heavy (non-hydrogen) atoms. The highest BCUT2D eigenvalue weighted by molar-refractivity contribution is 6.31. The van der Waals surface area contributed by atoms with E-state index in [4.69, 9.17) is 11.6 Å². The Balaban J connectivity index is 2.53. The number of nitrogens with one attached hydrogen (secondary N) is 1. The minimum absolute atomic E-state index is 0.123. The van der Waals surface area contributed by atoms with Gasteiger partial charge < -0.3 is 9.88 Å². The van der Waals surface area contributed by atoms with Gasteiger partial charge in [-0.15, -0.1) is 0 Å². The van der Waals surface area contributed by atoms with Crippen LogP contribution in [-0.2, 0) is 13.0 Å². The summed E-state index contributed by atoms with van der Waals surface area (Å²) < 4.78 is 1.97. The van der Waals surface area contributed by atoms with Crippen LogP contribution in [0.25, 0.3) is 0 Å². The fourth-order valence-electron chi connectivity index (χ4n) is 3.24. The summed E-state index contributed by atoms with van der Waals surface area (Å²) in [4.78, 5) is 25.7. The van der Waals surface area contributed by atoms with Gasteiger partial charge in [0, 0.05) is 23.6 Å². The number of anilines is 1. The summed E-state index contributed by atoms with van der Waals surface area (Å²) >= 11 is 6.26. The largest absolute Gasteiger partial charge is 0.347 e. The molecule has 2 rings (SSSR count). The van der Waals surface area contributed by atoms with E-state index in [-0.39, 0.29) is 10.6 Å². The lowest BCUT2D eigenvalue weighted by Crippen LogP contribution is -2.28. The maximum atomic E-state index is 13.0. The molecular formula is C21H27ClN2O2. The predicted octanol–water partition coefficient (Wildman–Crippen LogP) is 5.04. The van der Waals surface area contributed by atoms with Crippen molar-refractivity contribution in [3.8, 4) is 0 Å². The molecule has 0 saturated carbocycles. The van der Waals surface area contributed by atoms with Crippen LogP contribution >= 0.6 is 11.6 Å². The van der Waals surface area contributed by atoms with Crippen molar-refractivity contribution < 1.29 is 4.79 Å². The van der Waals surface area contributed by atoms with E-state index in [0.717, 1.165) is 42.6 Å². The zero-order valence-corrected chi connectivity index (χ0v) is 17.0. The van der Waals surface area contributed by atoms with Crippen molar-refractivity contribution in [1.82, 2.24) is 4.57 Å². The molecule has 2 aromatic rings. The highest BCUT2D eigenvalue weighted by Crippen LogP contribution is 2.23. The number of para-hydroxylation sites is 1. The smallest absolute Gasteiger partial charge is 0.261 e. The number of halogens is 1. The van der Waals surface area contributed by atoms with Gasteiger partial charge in [-0.1, -0.05) is 50.1 Å². The monoisotopic (exact) mass is 374 g/mol. The highest BCUT2D eigenvalue weighted by Gasteiger charge is 2.22. The lowest BCUT2D eigenvalue weighted by atomic mass is 10.0. The Morgan fingerprint density at radius 3 is 2.46 bits per heavy atom. The van der Waals surface area contributed by atoms with Gasteiger partial charge in [0.25, 0.3) is 5.91 Å². The second kappa shape index (κ2) is 8.54. The first-order valence-electron chi connectivity index (χ1n) is 9.12. The molecule has 4 nitrogen and oxygen atoms in total. The lowest BCUT2D eigenvalue weighted by Gasteiger charge is -2.19. The van der Waals surface area contributed by atoms with E-state index >= 15 is 0 Å². The molecule has 1 aromatic heterocycles. The minimum atomic E-state index is -0.404. The average Bonchev–Trinajstić information content (AvgIpc) is 2.61. The van der Waals surface area contributed by atoms with Crippen molar-refractivity contribution in [2.45, 2.75) is 60.4 Å². The molecular weight excluding hydrogens is 348 g/mol. The molecule has 1 amide bonds. The summed E-state index contributed by atoms with van der Waals surface area (Å²) in [6.07, 6.45) is 2.78. The lowest BCUT2D eigenvalue weighted by molar-refractivity contribution is 0.102. The van der Waals surface area contributed by atoms with E-state index in [1.807, 2.05) is 50.5 Å².